The van der Waals surface area contributed by atoms with Gasteiger partial charge in [0, 0.05) is 43.6 Å². The van der Waals surface area contributed by atoms with E-state index in [0.29, 0.717) is 36.0 Å². The number of aromatic amines is 1. The Morgan fingerprint density at radius 1 is 0.980 bits per heavy atom. The third kappa shape index (κ3) is 6.95. The number of nitrogen functional groups attached to an aromatic ring is 1. The predicted molar refractivity (Wildman–Crippen MR) is 186 cm³/mol. The number of halogens is 1. The third-order valence-corrected chi connectivity index (χ3v) is 9.87. The van der Waals surface area contributed by atoms with Crippen LogP contribution in [0.25, 0.3) is 10.9 Å². The largest absolute Gasteiger partial charge is 0.437 e. The molecular weight excluding hydrogens is 657 g/mol. The Morgan fingerprint density at radius 2 is 1.73 bits per heavy atom. The molecule has 2 aliphatic heterocycles. The number of nitrogens with two attached hydrogens (primary N) is 1. The van der Waals surface area contributed by atoms with Crippen molar-refractivity contribution in [1.29, 1.82) is 0 Å². The number of hydrogen-bond acceptors (Lipinski definition) is 9. The van der Waals surface area contributed by atoms with Crippen molar-refractivity contribution in [3.63, 3.8) is 0 Å². The van der Waals surface area contributed by atoms with Crippen LogP contribution in [0.5, 0.6) is 11.6 Å². The molecule has 0 radical (unpaired) electrons. The minimum atomic E-state index is -1.29. The number of aliphatic hydroxyl groups is 1. The summed E-state index contributed by atoms with van der Waals surface area (Å²) in [6.07, 6.45) is 3.46. The molecule has 0 unspecified atom stereocenters. The van der Waals surface area contributed by atoms with Crippen molar-refractivity contribution in [2.24, 2.45) is 5.92 Å². The Balaban J connectivity index is 1.02. The number of amides is 2. The molecule has 3 aromatic carbocycles. The molecule has 4 heterocycles. The Labute approximate surface area is 291 Å². The number of fused-ring (bicyclic) bond motifs is 1. The summed E-state index contributed by atoms with van der Waals surface area (Å²) < 4.78 is 20.0. The van der Waals surface area contributed by atoms with Crippen LogP contribution in [0.3, 0.4) is 0 Å². The Morgan fingerprint density at radius 3 is 2.47 bits per heavy atom. The molecule has 2 fully saturated rings. The lowest BCUT2D eigenvalue weighted by Crippen LogP contribution is -2.53. The van der Waals surface area contributed by atoms with E-state index in [9.17, 15) is 28.7 Å². The summed E-state index contributed by atoms with van der Waals surface area (Å²) in [5.74, 6) is -1.25. The smallest absolute Gasteiger partial charge is 0.280 e. The van der Waals surface area contributed by atoms with Crippen molar-refractivity contribution in [2.75, 3.05) is 31.9 Å². The number of aromatic nitrogens is 4. The van der Waals surface area contributed by atoms with Crippen LogP contribution < -0.4 is 21.6 Å². The normalized spacial score (nSPS) is 18.8. The summed E-state index contributed by atoms with van der Waals surface area (Å²) in [4.78, 5) is 67.6. The molecular formula is C37H36FN7O6. The molecule has 0 saturated carbocycles. The van der Waals surface area contributed by atoms with E-state index in [-0.39, 0.29) is 73.1 Å². The van der Waals surface area contributed by atoms with Crippen LogP contribution in [0.1, 0.15) is 41.1 Å². The van der Waals surface area contributed by atoms with Gasteiger partial charge in [-0.05, 0) is 67.3 Å². The fourth-order valence-corrected chi connectivity index (χ4v) is 7.01. The van der Waals surface area contributed by atoms with Crippen molar-refractivity contribution in [3.8, 4) is 11.6 Å². The minimum Gasteiger partial charge on any atom is -0.437 e. The standard InChI is InChI=1S/C37H36FN7O6/c38-25-7-9-26(10-8-25)51-33-31(39)36(49)45(22-42-33)20-37(50)13-16-43(17-14-37)35(48)27-12-15-44(19-29(27)23-4-2-1-3-5-23)34(47)24-6-11-30-28(18-24)32(46)41-21-40-30/h1-11,18,21-22,27,29,50H,12-17,19-20,39H2,(H,40,41,46)/t27-,29+/m1/s1. The zero-order valence-electron chi connectivity index (χ0n) is 27.6. The van der Waals surface area contributed by atoms with Crippen LogP contribution in [0.15, 0.2) is 95.0 Å². The minimum absolute atomic E-state index is 0.0494. The first-order valence-corrected chi connectivity index (χ1v) is 16.7. The quantitative estimate of drug-likeness (QED) is 0.231. The summed E-state index contributed by atoms with van der Waals surface area (Å²) in [5, 5.41) is 11.8. The highest BCUT2D eigenvalue weighted by molar-refractivity contribution is 5.98. The molecule has 14 heteroatoms. The Kier molecular flexibility index (Phi) is 9.08. The van der Waals surface area contributed by atoms with E-state index in [0.717, 1.165) is 5.56 Å². The number of rotatable bonds is 7. The highest BCUT2D eigenvalue weighted by Crippen LogP contribution is 2.36. The highest BCUT2D eigenvalue weighted by Gasteiger charge is 2.42. The van der Waals surface area contributed by atoms with Crippen molar-refractivity contribution in [2.45, 2.75) is 37.3 Å². The number of nitrogens with one attached hydrogen (secondary N) is 1. The van der Waals surface area contributed by atoms with Crippen LogP contribution in [-0.4, -0.2) is 78.0 Å². The maximum absolute atomic E-state index is 14.1. The van der Waals surface area contributed by atoms with Crippen molar-refractivity contribution in [3.05, 3.63) is 123 Å². The van der Waals surface area contributed by atoms with Crippen LogP contribution in [0, 0.1) is 11.7 Å². The van der Waals surface area contributed by atoms with Crippen LogP contribution in [-0.2, 0) is 11.3 Å². The molecule has 262 valence electrons. The lowest BCUT2D eigenvalue weighted by Gasteiger charge is -2.43. The number of carbonyl (C=O) groups excluding carboxylic acids is 2. The number of likely N-dealkylation sites (tertiary alicyclic amines) is 2. The molecule has 0 aliphatic carbocycles. The number of anilines is 1. The van der Waals surface area contributed by atoms with E-state index < -0.39 is 22.9 Å². The average molecular weight is 694 g/mol. The van der Waals surface area contributed by atoms with Crippen molar-refractivity contribution >= 4 is 28.4 Å². The van der Waals surface area contributed by atoms with Gasteiger partial charge >= 0.3 is 0 Å². The van der Waals surface area contributed by atoms with Gasteiger partial charge in [-0.1, -0.05) is 30.3 Å². The number of piperidine rings is 2. The summed E-state index contributed by atoms with van der Waals surface area (Å²) in [6, 6.07) is 19.7. The zero-order chi connectivity index (χ0) is 35.7. The lowest BCUT2D eigenvalue weighted by molar-refractivity contribution is -0.142. The lowest BCUT2D eigenvalue weighted by atomic mass is 9.79. The molecule has 2 aromatic heterocycles. The van der Waals surface area contributed by atoms with E-state index in [1.807, 2.05) is 30.3 Å². The first kappa shape index (κ1) is 33.6. The van der Waals surface area contributed by atoms with Gasteiger partial charge in [0.2, 0.25) is 11.8 Å². The summed E-state index contributed by atoms with van der Waals surface area (Å²) >= 11 is 0. The van der Waals surface area contributed by atoms with E-state index >= 15 is 0 Å². The average Bonchev–Trinajstić information content (AvgIpc) is 3.15. The SMILES string of the molecule is Nc1c(Oc2ccc(F)cc2)ncn(CC2(O)CCN(C(=O)[C@@H]3CCN(C(=O)c4ccc5nc[nH]c(=O)c5c4)C[C@H]3c3ccccc3)CC2)c1=O. The van der Waals surface area contributed by atoms with E-state index in [4.69, 9.17) is 10.5 Å². The second-order valence-electron chi connectivity index (χ2n) is 13.1. The molecule has 0 bridgehead atoms. The molecule has 13 nitrogen and oxygen atoms in total. The number of nitrogens with zero attached hydrogens (tertiary/aromatic N) is 5. The van der Waals surface area contributed by atoms with E-state index in [2.05, 4.69) is 15.0 Å². The highest BCUT2D eigenvalue weighted by atomic mass is 19.1. The van der Waals surface area contributed by atoms with Crippen LogP contribution in [0.2, 0.25) is 0 Å². The fraction of sp³-hybridized carbons (Fsp3) is 0.297. The van der Waals surface area contributed by atoms with Gasteiger partial charge in [-0.2, -0.15) is 0 Å². The van der Waals surface area contributed by atoms with Crippen LogP contribution >= 0.6 is 0 Å². The fourth-order valence-electron chi connectivity index (χ4n) is 7.01. The van der Waals surface area contributed by atoms with Gasteiger partial charge in [0.15, 0.2) is 5.69 Å². The molecule has 4 N–H and O–H groups in total. The number of carbonyl (C=O) groups is 2. The zero-order valence-corrected chi connectivity index (χ0v) is 27.6. The molecule has 7 rings (SSSR count). The number of hydrogen-bond donors (Lipinski definition) is 3. The third-order valence-electron chi connectivity index (χ3n) is 9.87. The van der Waals surface area contributed by atoms with Crippen LogP contribution in [0.4, 0.5) is 10.1 Å². The van der Waals surface area contributed by atoms with Gasteiger partial charge < -0.3 is 30.4 Å². The molecule has 2 amide bonds. The molecule has 5 aromatic rings. The second-order valence-corrected chi connectivity index (χ2v) is 13.1. The molecule has 51 heavy (non-hydrogen) atoms. The van der Waals surface area contributed by atoms with Gasteiger partial charge in [0.05, 0.1) is 29.4 Å². The number of benzene rings is 3. The van der Waals surface area contributed by atoms with Gasteiger partial charge in [-0.15, -0.1) is 0 Å². The number of H-pyrrole nitrogens is 1. The molecule has 2 aliphatic rings. The van der Waals surface area contributed by atoms with Gasteiger partial charge in [-0.25, -0.2) is 14.4 Å². The summed E-state index contributed by atoms with van der Waals surface area (Å²) in [7, 11) is 0. The van der Waals surface area contributed by atoms with Gasteiger partial charge in [0.25, 0.3) is 17.0 Å². The first-order chi connectivity index (χ1) is 24.6. The van der Waals surface area contributed by atoms with Gasteiger partial charge in [-0.3, -0.25) is 23.7 Å². The molecule has 0 spiro atoms. The monoisotopic (exact) mass is 693 g/mol. The second kappa shape index (κ2) is 13.8. The van der Waals surface area contributed by atoms with E-state index in [1.54, 1.807) is 28.0 Å². The summed E-state index contributed by atoms with van der Waals surface area (Å²) in [6.45, 7) is 1.15. The molecule has 2 saturated heterocycles. The summed E-state index contributed by atoms with van der Waals surface area (Å²) in [5.41, 5.74) is 5.39. The maximum atomic E-state index is 14.1. The predicted octanol–water partition coefficient (Wildman–Crippen LogP) is 3.29. The molecule has 2 atom stereocenters. The van der Waals surface area contributed by atoms with E-state index in [1.165, 1.54) is 41.5 Å². The van der Waals surface area contributed by atoms with Crippen molar-refractivity contribution < 1.29 is 23.8 Å². The van der Waals surface area contributed by atoms with Crippen molar-refractivity contribution in [1.82, 2.24) is 29.3 Å². The first-order valence-electron chi connectivity index (χ1n) is 16.7. The maximum Gasteiger partial charge on any atom is 0.280 e. The topological polar surface area (TPSA) is 177 Å². The Hall–Kier alpha value is -5.89. The number of ether oxygens (including phenoxy) is 1. The Bertz CT molecular complexity index is 2200. The van der Waals surface area contributed by atoms with Gasteiger partial charge in [0.1, 0.15) is 17.9 Å².